The molecule has 1 heterocycles. The number of rotatable bonds is 7. The number of nitrogens with two attached hydrogens (primary N) is 1. The summed E-state index contributed by atoms with van der Waals surface area (Å²) in [7, 11) is -3.17. The Kier molecular flexibility index (Phi) is 5.52. The van der Waals surface area contributed by atoms with E-state index in [1.165, 1.54) is 6.26 Å². The van der Waals surface area contributed by atoms with E-state index in [9.17, 15) is 8.42 Å². The Bertz CT molecular complexity index is 599. The van der Waals surface area contributed by atoms with E-state index in [0.29, 0.717) is 17.5 Å². The first-order valence-electron chi connectivity index (χ1n) is 6.90. The monoisotopic (exact) mass is 315 g/mol. The van der Waals surface area contributed by atoms with Crippen molar-refractivity contribution in [2.24, 2.45) is 5.84 Å². The Hall–Kier alpha value is -1.41. The molecular weight excluding hydrogens is 290 g/mol. The van der Waals surface area contributed by atoms with Crippen LogP contribution < -0.4 is 16.6 Å². The van der Waals surface area contributed by atoms with Crippen LogP contribution in [0.4, 0.5) is 11.6 Å². The third-order valence-corrected chi connectivity index (χ3v) is 5.64. The fourth-order valence-corrected chi connectivity index (χ4v) is 1.97. The lowest BCUT2D eigenvalue weighted by Gasteiger charge is -2.24. The molecule has 0 unspecified atom stereocenters. The summed E-state index contributed by atoms with van der Waals surface area (Å²) in [5, 5.41) is 3.11. The zero-order chi connectivity index (χ0) is 16.3. The highest BCUT2D eigenvalue weighted by Gasteiger charge is 2.30. The van der Waals surface area contributed by atoms with Gasteiger partial charge in [0.05, 0.1) is 4.75 Å². The number of hydrogen-bond acceptors (Lipinski definition) is 7. The molecular formula is C13H25N5O2S. The molecule has 0 radical (unpaired) electrons. The highest BCUT2D eigenvalue weighted by atomic mass is 32.2. The number of aromatic nitrogens is 2. The van der Waals surface area contributed by atoms with Crippen molar-refractivity contribution in [2.75, 3.05) is 23.5 Å². The van der Waals surface area contributed by atoms with Crippen LogP contribution in [0.15, 0.2) is 0 Å². The molecule has 0 aromatic carbocycles. The molecule has 0 aliphatic carbocycles. The molecule has 1 rings (SSSR count). The van der Waals surface area contributed by atoms with E-state index in [-0.39, 0.29) is 6.54 Å². The van der Waals surface area contributed by atoms with Gasteiger partial charge in [-0.2, -0.15) is 0 Å². The summed E-state index contributed by atoms with van der Waals surface area (Å²) in [6.45, 7) is 7.50. The minimum Gasteiger partial charge on any atom is -0.368 e. The number of hydrogen-bond donors (Lipinski definition) is 3. The van der Waals surface area contributed by atoms with Crippen LogP contribution in [-0.2, 0) is 16.3 Å². The lowest BCUT2D eigenvalue weighted by atomic mass is 10.2. The minimum absolute atomic E-state index is 0.263. The number of sulfone groups is 1. The quantitative estimate of drug-likeness (QED) is 0.513. The summed E-state index contributed by atoms with van der Waals surface area (Å²) in [4.78, 5) is 8.77. The normalized spacial score (nSPS) is 12.3. The van der Waals surface area contributed by atoms with Gasteiger partial charge in [-0.1, -0.05) is 6.92 Å². The molecule has 0 saturated carbocycles. The van der Waals surface area contributed by atoms with E-state index < -0.39 is 14.6 Å². The van der Waals surface area contributed by atoms with Gasteiger partial charge in [-0.3, -0.25) is 0 Å². The number of nitrogens with zero attached hydrogens (tertiary/aromatic N) is 2. The molecule has 0 amide bonds. The molecule has 4 N–H and O–H groups in total. The maximum atomic E-state index is 11.7. The molecule has 1 aromatic rings. The van der Waals surface area contributed by atoms with Crippen molar-refractivity contribution >= 4 is 21.5 Å². The average Bonchev–Trinajstić information content (AvgIpc) is 2.38. The topological polar surface area (TPSA) is 110 Å². The first-order chi connectivity index (χ1) is 9.62. The van der Waals surface area contributed by atoms with Crippen LogP contribution in [0.25, 0.3) is 0 Å². The summed E-state index contributed by atoms with van der Waals surface area (Å²) < 4.78 is 22.6. The van der Waals surface area contributed by atoms with E-state index in [0.717, 1.165) is 18.4 Å². The van der Waals surface area contributed by atoms with Gasteiger partial charge < -0.3 is 10.7 Å². The molecule has 0 saturated heterocycles. The first-order valence-corrected chi connectivity index (χ1v) is 8.79. The SMILES string of the molecule is CCCc1nc(NN)c(C)c(NCC(C)(C)S(C)(=O)=O)n1. The van der Waals surface area contributed by atoms with Gasteiger partial charge in [0.25, 0.3) is 0 Å². The fraction of sp³-hybridized carbons (Fsp3) is 0.692. The molecule has 0 fully saturated rings. The molecule has 7 nitrogen and oxygen atoms in total. The number of nitrogens with one attached hydrogen (secondary N) is 2. The zero-order valence-corrected chi connectivity index (χ0v) is 14.1. The second-order valence-electron chi connectivity index (χ2n) is 5.74. The summed E-state index contributed by atoms with van der Waals surface area (Å²) >= 11 is 0. The van der Waals surface area contributed by atoms with Gasteiger partial charge in [0.1, 0.15) is 17.5 Å². The second-order valence-corrected chi connectivity index (χ2v) is 8.39. The van der Waals surface area contributed by atoms with Gasteiger partial charge >= 0.3 is 0 Å². The van der Waals surface area contributed by atoms with Crippen LogP contribution in [0.3, 0.4) is 0 Å². The number of aryl methyl sites for hydroxylation is 1. The lowest BCUT2D eigenvalue weighted by Crippen LogP contribution is -2.38. The Morgan fingerprint density at radius 1 is 1.24 bits per heavy atom. The molecule has 8 heteroatoms. The van der Waals surface area contributed by atoms with Crippen molar-refractivity contribution in [3.63, 3.8) is 0 Å². The van der Waals surface area contributed by atoms with Crippen LogP contribution in [0.5, 0.6) is 0 Å². The Balaban J connectivity index is 3.05. The van der Waals surface area contributed by atoms with Crippen LogP contribution >= 0.6 is 0 Å². The fourth-order valence-electron chi connectivity index (χ4n) is 1.64. The van der Waals surface area contributed by atoms with Crippen LogP contribution in [0, 0.1) is 6.92 Å². The van der Waals surface area contributed by atoms with E-state index in [1.807, 2.05) is 13.8 Å². The zero-order valence-electron chi connectivity index (χ0n) is 13.3. The van der Waals surface area contributed by atoms with E-state index in [2.05, 4.69) is 20.7 Å². The molecule has 0 bridgehead atoms. The molecule has 120 valence electrons. The third-order valence-electron chi connectivity index (χ3n) is 3.49. The number of nitrogen functional groups attached to an aromatic ring is 1. The van der Waals surface area contributed by atoms with Gasteiger partial charge in [0, 0.05) is 24.8 Å². The van der Waals surface area contributed by atoms with Crippen molar-refractivity contribution in [3.8, 4) is 0 Å². The Morgan fingerprint density at radius 2 is 1.81 bits per heavy atom. The summed E-state index contributed by atoms with van der Waals surface area (Å²) in [5.41, 5.74) is 3.32. The molecule has 0 aliphatic rings. The number of anilines is 2. The van der Waals surface area contributed by atoms with E-state index >= 15 is 0 Å². The maximum Gasteiger partial charge on any atom is 0.154 e. The molecule has 0 spiro atoms. The molecule has 0 aliphatic heterocycles. The van der Waals surface area contributed by atoms with Gasteiger partial charge in [0.15, 0.2) is 9.84 Å². The smallest absolute Gasteiger partial charge is 0.154 e. The van der Waals surface area contributed by atoms with Crippen molar-refractivity contribution in [1.82, 2.24) is 9.97 Å². The molecule has 21 heavy (non-hydrogen) atoms. The summed E-state index contributed by atoms with van der Waals surface area (Å²) in [5.74, 6) is 7.31. The average molecular weight is 315 g/mol. The van der Waals surface area contributed by atoms with Crippen molar-refractivity contribution in [1.29, 1.82) is 0 Å². The maximum absolute atomic E-state index is 11.7. The van der Waals surface area contributed by atoms with Crippen LogP contribution in [0.2, 0.25) is 0 Å². The number of hydrazine groups is 1. The van der Waals surface area contributed by atoms with Gasteiger partial charge in [-0.05, 0) is 27.2 Å². The standard InChI is InChI=1S/C13H25N5O2S/c1-6-7-10-16-11(9(2)12(17-10)18-14)15-8-13(3,4)21(5,19)20/h6-8,14H2,1-5H3,(H2,15,16,17,18). The Labute approximate surface area is 126 Å². The van der Waals surface area contributed by atoms with Crippen molar-refractivity contribution < 1.29 is 8.42 Å². The second kappa shape index (κ2) is 6.57. The summed E-state index contributed by atoms with van der Waals surface area (Å²) in [6, 6.07) is 0. The van der Waals surface area contributed by atoms with E-state index in [4.69, 9.17) is 5.84 Å². The lowest BCUT2D eigenvalue weighted by molar-refractivity contribution is 0.559. The highest BCUT2D eigenvalue weighted by molar-refractivity contribution is 7.92. The van der Waals surface area contributed by atoms with E-state index in [1.54, 1.807) is 13.8 Å². The van der Waals surface area contributed by atoms with Crippen molar-refractivity contribution in [2.45, 2.75) is 45.3 Å². The van der Waals surface area contributed by atoms with Crippen LogP contribution in [-0.4, -0.2) is 35.9 Å². The Morgan fingerprint density at radius 3 is 2.29 bits per heavy atom. The summed E-state index contributed by atoms with van der Waals surface area (Å²) in [6.07, 6.45) is 2.89. The highest BCUT2D eigenvalue weighted by Crippen LogP contribution is 2.22. The predicted octanol–water partition coefficient (Wildman–Crippen LogP) is 1.26. The third kappa shape index (κ3) is 4.28. The molecule has 0 atom stereocenters. The van der Waals surface area contributed by atoms with Gasteiger partial charge in [-0.25, -0.2) is 24.2 Å². The van der Waals surface area contributed by atoms with Gasteiger partial charge in [-0.15, -0.1) is 0 Å². The molecule has 1 aromatic heterocycles. The van der Waals surface area contributed by atoms with Crippen molar-refractivity contribution in [3.05, 3.63) is 11.4 Å². The predicted molar refractivity (Wildman–Crippen MR) is 86.0 cm³/mol. The largest absolute Gasteiger partial charge is 0.368 e. The van der Waals surface area contributed by atoms with Crippen LogP contribution in [0.1, 0.15) is 38.6 Å². The van der Waals surface area contributed by atoms with Gasteiger partial charge in [0.2, 0.25) is 0 Å². The minimum atomic E-state index is -3.17. The first kappa shape index (κ1) is 17.6.